The summed E-state index contributed by atoms with van der Waals surface area (Å²) < 4.78 is 0. The molecule has 0 radical (unpaired) electrons. The zero-order valence-corrected chi connectivity index (χ0v) is 14.3. The number of nitrogens with two attached hydrogens (primary N) is 1. The van der Waals surface area contributed by atoms with Crippen LogP contribution >= 0.6 is 11.3 Å². The molecule has 0 bridgehead atoms. The molecule has 0 saturated heterocycles. The molecule has 4 nitrogen and oxygen atoms in total. The van der Waals surface area contributed by atoms with Crippen LogP contribution in [0.5, 0.6) is 0 Å². The summed E-state index contributed by atoms with van der Waals surface area (Å²) in [7, 11) is 0. The number of para-hydroxylation sites is 1. The van der Waals surface area contributed by atoms with Crippen molar-refractivity contribution in [1.29, 1.82) is 0 Å². The molecule has 0 fully saturated rings. The highest BCUT2D eigenvalue weighted by Gasteiger charge is 2.26. The van der Waals surface area contributed by atoms with Gasteiger partial charge in [0.15, 0.2) is 5.78 Å². The lowest BCUT2D eigenvalue weighted by Crippen LogP contribution is -2.31. The maximum absolute atomic E-state index is 12.6. The van der Waals surface area contributed by atoms with Crippen LogP contribution in [0.2, 0.25) is 0 Å². The van der Waals surface area contributed by atoms with Crippen LogP contribution in [0.3, 0.4) is 0 Å². The number of hydrogen-bond donors (Lipinski definition) is 1. The molecule has 5 heteroatoms. The Morgan fingerprint density at radius 2 is 1.76 bits per heavy atom. The largest absolute Gasteiger partial charge is 0.365 e. The van der Waals surface area contributed by atoms with Gasteiger partial charge >= 0.3 is 0 Å². The fourth-order valence-electron chi connectivity index (χ4n) is 3.16. The van der Waals surface area contributed by atoms with Crippen molar-refractivity contribution in [3.63, 3.8) is 0 Å². The minimum absolute atomic E-state index is 0.0733. The second-order valence-corrected chi connectivity index (χ2v) is 7.04. The molecule has 0 aliphatic carbocycles. The average molecular weight is 348 g/mol. The quantitative estimate of drug-likeness (QED) is 0.731. The fraction of sp³-hybridized carbons (Fsp3) is 0.100. The molecular formula is C20H16N2O2S. The molecule has 2 aromatic carbocycles. The van der Waals surface area contributed by atoms with E-state index in [0.29, 0.717) is 23.5 Å². The number of hydrogen-bond acceptors (Lipinski definition) is 4. The molecule has 1 aliphatic rings. The van der Waals surface area contributed by atoms with Gasteiger partial charge in [0.25, 0.3) is 5.91 Å². The predicted octanol–water partition coefficient (Wildman–Crippen LogP) is 3.72. The fourth-order valence-corrected chi connectivity index (χ4v) is 4.22. The van der Waals surface area contributed by atoms with Gasteiger partial charge in [-0.05, 0) is 17.7 Å². The van der Waals surface area contributed by atoms with Crippen molar-refractivity contribution in [2.75, 3.05) is 11.4 Å². The monoisotopic (exact) mass is 348 g/mol. The van der Waals surface area contributed by atoms with Crippen LogP contribution in [0.15, 0.2) is 60.7 Å². The first-order valence-corrected chi connectivity index (χ1v) is 8.80. The third kappa shape index (κ3) is 2.83. The predicted molar refractivity (Wildman–Crippen MR) is 100 cm³/mol. The van der Waals surface area contributed by atoms with Crippen LogP contribution in [0.4, 0.5) is 5.69 Å². The smallest absolute Gasteiger partial charge is 0.258 e. The molecule has 1 amide bonds. The Morgan fingerprint density at radius 1 is 1.04 bits per heavy atom. The van der Waals surface area contributed by atoms with Gasteiger partial charge in [-0.2, -0.15) is 0 Å². The lowest BCUT2D eigenvalue weighted by Gasteiger charge is -2.30. The number of amides is 1. The minimum atomic E-state index is -0.413. The normalized spacial score (nSPS) is 12.4. The summed E-state index contributed by atoms with van der Waals surface area (Å²) in [5.74, 6) is -0.340. The summed E-state index contributed by atoms with van der Waals surface area (Å²) in [5.41, 5.74) is 9.24. The maximum atomic E-state index is 12.6. The third-order valence-corrected chi connectivity index (χ3v) is 5.56. The number of nitrogens with zero attached hydrogens (tertiary/aromatic N) is 1. The zero-order chi connectivity index (χ0) is 17.4. The molecule has 0 spiro atoms. The van der Waals surface area contributed by atoms with E-state index in [1.807, 2.05) is 60.7 Å². The summed E-state index contributed by atoms with van der Waals surface area (Å²) in [6.07, 6.45) is 0. The maximum Gasteiger partial charge on any atom is 0.258 e. The molecule has 2 heterocycles. The van der Waals surface area contributed by atoms with E-state index in [9.17, 15) is 9.59 Å². The molecule has 2 N–H and O–H groups in total. The second kappa shape index (κ2) is 6.18. The molecule has 25 heavy (non-hydrogen) atoms. The number of benzene rings is 2. The molecule has 4 rings (SSSR count). The molecular weight excluding hydrogens is 332 g/mol. The Balaban J connectivity index is 1.71. The van der Waals surface area contributed by atoms with Gasteiger partial charge in [-0.25, -0.2) is 0 Å². The Hall–Kier alpha value is -2.92. The molecule has 1 aromatic heterocycles. The van der Waals surface area contributed by atoms with Crippen molar-refractivity contribution in [2.45, 2.75) is 6.54 Å². The number of carbonyl (C=O) groups is 2. The van der Waals surface area contributed by atoms with Gasteiger partial charge in [0.1, 0.15) is 0 Å². The topological polar surface area (TPSA) is 63.4 Å². The minimum Gasteiger partial charge on any atom is -0.365 e. The summed E-state index contributed by atoms with van der Waals surface area (Å²) in [6.45, 7) is 0.886. The van der Waals surface area contributed by atoms with E-state index in [-0.39, 0.29) is 5.78 Å². The van der Waals surface area contributed by atoms with Gasteiger partial charge < -0.3 is 10.6 Å². The summed E-state index contributed by atoms with van der Waals surface area (Å²) >= 11 is 1.42. The van der Waals surface area contributed by atoms with Crippen LogP contribution < -0.4 is 10.6 Å². The van der Waals surface area contributed by atoms with Crippen LogP contribution in [0.25, 0.3) is 10.4 Å². The summed E-state index contributed by atoms with van der Waals surface area (Å²) in [6, 6.07) is 19.1. The first kappa shape index (κ1) is 15.6. The molecule has 3 aromatic rings. The second-order valence-electron chi connectivity index (χ2n) is 5.99. The Bertz CT molecular complexity index is 963. The first-order chi connectivity index (χ1) is 12.1. The highest BCUT2D eigenvalue weighted by Crippen LogP contribution is 2.43. The number of primary amides is 1. The van der Waals surface area contributed by atoms with Gasteiger partial charge in [0.2, 0.25) is 0 Å². The van der Waals surface area contributed by atoms with Crippen molar-refractivity contribution < 1.29 is 9.59 Å². The number of carbonyl (C=O) groups excluding carboxylic acids is 2. The summed E-state index contributed by atoms with van der Waals surface area (Å²) in [4.78, 5) is 27.8. The van der Waals surface area contributed by atoms with Gasteiger partial charge in [-0.1, -0.05) is 48.5 Å². The molecule has 1 aliphatic heterocycles. The van der Waals surface area contributed by atoms with Gasteiger partial charge in [0, 0.05) is 28.2 Å². The summed E-state index contributed by atoms with van der Waals surface area (Å²) in [5, 5.41) is 0. The number of rotatable bonds is 4. The lowest BCUT2D eigenvalue weighted by atomic mass is 10.0. The van der Waals surface area contributed by atoms with E-state index in [0.717, 1.165) is 21.7 Å². The van der Waals surface area contributed by atoms with Crippen LogP contribution in [0, 0.1) is 0 Å². The SMILES string of the molecule is NC(=O)c1cc2c(s1)-c1ccccc1N(CC(=O)c1ccccc1)C2. The van der Waals surface area contributed by atoms with Gasteiger partial charge in [-0.3, -0.25) is 9.59 Å². The van der Waals surface area contributed by atoms with E-state index in [1.165, 1.54) is 11.3 Å². The van der Waals surface area contributed by atoms with Gasteiger partial charge in [0.05, 0.1) is 11.4 Å². The molecule has 0 atom stereocenters. The Kier molecular flexibility index (Phi) is 3.86. The lowest BCUT2D eigenvalue weighted by molar-refractivity contribution is 0.0992. The van der Waals surface area contributed by atoms with E-state index in [4.69, 9.17) is 5.73 Å². The van der Waals surface area contributed by atoms with E-state index in [2.05, 4.69) is 4.90 Å². The molecule has 124 valence electrons. The average Bonchev–Trinajstić information content (AvgIpc) is 3.07. The van der Waals surface area contributed by atoms with E-state index in [1.54, 1.807) is 0 Å². The number of thiophene rings is 1. The number of anilines is 1. The van der Waals surface area contributed by atoms with Gasteiger partial charge in [-0.15, -0.1) is 11.3 Å². The first-order valence-electron chi connectivity index (χ1n) is 7.98. The van der Waals surface area contributed by atoms with Crippen molar-refractivity contribution in [2.24, 2.45) is 5.73 Å². The van der Waals surface area contributed by atoms with Crippen LogP contribution in [-0.2, 0) is 6.54 Å². The number of Topliss-reactive ketones (excluding diaryl/α,β-unsaturated/α-hetero) is 1. The Labute approximate surface area is 149 Å². The highest BCUT2D eigenvalue weighted by molar-refractivity contribution is 7.17. The number of ketones is 1. The van der Waals surface area contributed by atoms with Crippen molar-refractivity contribution in [1.82, 2.24) is 0 Å². The highest BCUT2D eigenvalue weighted by atomic mass is 32.1. The van der Waals surface area contributed by atoms with E-state index < -0.39 is 5.91 Å². The Morgan fingerprint density at radius 3 is 2.52 bits per heavy atom. The van der Waals surface area contributed by atoms with Crippen LogP contribution in [0.1, 0.15) is 25.6 Å². The standard InChI is InChI=1S/C20H16N2O2S/c21-20(24)18-10-14-11-22(12-17(23)13-6-2-1-3-7-13)16-9-5-4-8-15(16)19(14)25-18/h1-10H,11-12H2,(H2,21,24). The van der Waals surface area contributed by atoms with Crippen LogP contribution in [-0.4, -0.2) is 18.2 Å². The van der Waals surface area contributed by atoms with E-state index >= 15 is 0 Å². The van der Waals surface area contributed by atoms with Crippen molar-refractivity contribution >= 4 is 28.7 Å². The third-order valence-electron chi connectivity index (χ3n) is 4.33. The van der Waals surface area contributed by atoms with Crippen molar-refractivity contribution in [3.8, 4) is 10.4 Å². The molecule has 0 saturated carbocycles. The van der Waals surface area contributed by atoms with Crippen molar-refractivity contribution in [3.05, 3.63) is 76.7 Å². The zero-order valence-electron chi connectivity index (χ0n) is 13.4. The molecule has 0 unspecified atom stereocenters. The number of fused-ring (bicyclic) bond motifs is 3.